The van der Waals surface area contributed by atoms with Crippen LogP contribution in [-0.2, 0) is 18.9 Å². The fourth-order valence-corrected chi connectivity index (χ4v) is 3.87. The third-order valence-electron chi connectivity index (χ3n) is 5.41. The highest BCUT2D eigenvalue weighted by Crippen LogP contribution is 2.22. The molecule has 1 fully saturated rings. The molecule has 0 bridgehead atoms. The molecule has 0 unspecified atom stereocenters. The Morgan fingerprint density at radius 1 is 1.24 bits per heavy atom. The fraction of sp³-hybridized carbons (Fsp3) is 0.579. The third kappa shape index (κ3) is 3.17. The summed E-state index contributed by atoms with van der Waals surface area (Å²) in [6.07, 6.45) is 4.42. The number of anilines is 1. The number of carbonyl (C=O) groups excluding carboxylic acids is 1. The van der Waals surface area contributed by atoms with Gasteiger partial charge in [-0.3, -0.25) is 13.9 Å². The van der Waals surface area contributed by atoms with Crippen molar-refractivity contribution in [2.75, 3.05) is 11.9 Å². The topological polar surface area (TPSA) is 59.3 Å². The van der Waals surface area contributed by atoms with Gasteiger partial charge in [-0.15, -0.1) is 0 Å². The van der Waals surface area contributed by atoms with Crippen LogP contribution in [-0.4, -0.2) is 38.6 Å². The maximum atomic E-state index is 12.9. The number of nitrogens with one attached hydrogen (secondary N) is 1. The summed E-state index contributed by atoms with van der Waals surface area (Å²) < 4.78 is 3.26. The first-order chi connectivity index (χ1) is 11.9. The van der Waals surface area contributed by atoms with Crippen LogP contribution in [0.5, 0.6) is 0 Å². The maximum absolute atomic E-state index is 12.9. The summed E-state index contributed by atoms with van der Waals surface area (Å²) in [4.78, 5) is 27.0. The van der Waals surface area contributed by atoms with Gasteiger partial charge in [0.1, 0.15) is 6.04 Å². The molecule has 3 rings (SSSR count). The van der Waals surface area contributed by atoms with Crippen molar-refractivity contribution in [1.82, 2.24) is 14.0 Å². The fourth-order valence-electron chi connectivity index (χ4n) is 3.87. The van der Waals surface area contributed by atoms with Gasteiger partial charge in [-0.25, -0.2) is 4.79 Å². The van der Waals surface area contributed by atoms with Crippen molar-refractivity contribution >= 4 is 22.6 Å². The molecule has 0 radical (unpaired) electrons. The van der Waals surface area contributed by atoms with Crippen molar-refractivity contribution in [1.29, 1.82) is 0 Å². The van der Waals surface area contributed by atoms with Gasteiger partial charge in [0.05, 0.1) is 11.0 Å². The van der Waals surface area contributed by atoms with Gasteiger partial charge in [-0.1, -0.05) is 6.92 Å². The molecular weight excluding hydrogens is 316 g/mol. The number of amides is 1. The summed E-state index contributed by atoms with van der Waals surface area (Å²) in [5.74, 6) is 0.161. The zero-order chi connectivity index (χ0) is 18.1. The van der Waals surface area contributed by atoms with Crippen molar-refractivity contribution in [2.24, 2.45) is 14.1 Å². The third-order valence-corrected chi connectivity index (χ3v) is 5.41. The van der Waals surface area contributed by atoms with Gasteiger partial charge in [-0.2, -0.15) is 0 Å². The molecule has 1 saturated heterocycles. The van der Waals surface area contributed by atoms with Gasteiger partial charge in [0, 0.05) is 32.4 Å². The number of nitrogens with zero attached hydrogens (tertiary/aromatic N) is 3. The number of rotatable bonds is 4. The number of hydrogen-bond donors (Lipinski definition) is 1. The summed E-state index contributed by atoms with van der Waals surface area (Å²) in [5, 5.41) is 3.32. The number of piperidine rings is 1. The monoisotopic (exact) mass is 344 g/mol. The second-order valence-electron chi connectivity index (χ2n) is 7.06. The minimum Gasteiger partial charge on any atom is -0.374 e. The molecule has 0 spiro atoms. The lowest BCUT2D eigenvalue weighted by atomic mass is 9.99. The van der Waals surface area contributed by atoms with Crippen molar-refractivity contribution in [3.8, 4) is 0 Å². The Bertz CT molecular complexity index is 836. The van der Waals surface area contributed by atoms with Crippen LogP contribution in [0.4, 0.5) is 5.69 Å². The van der Waals surface area contributed by atoms with Crippen LogP contribution in [0.3, 0.4) is 0 Å². The van der Waals surface area contributed by atoms with E-state index >= 15 is 0 Å². The van der Waals surface area contributed by atoms with Crippen LogP contribution in [0.15, 0.2) is 23.0 Å². The lowest BCUT2D eigenvalue weighted by molar-refractivity contribution is -0.135. The van der Waals surface area contributed by atoms with Crippen LogP contribution in [0.1, 0.15) is 39.5 Å². The summed E-state index contributed by atoms with van der Waals surface area (Å²) >= 11 is 0. The van der Waals surface area contributed by atoms with E-state index in [1.54, 1.807) is 23.2 Å². The Morgan fingerprint density at radius 2 is 1.96 bits per heavy atom. The van der Waals surface area contributed by atoms with E-state index < -0.39 is 0 Å². The van der Waals surface area contributed by atoms with Crippen molar-refractivity contribution < 1.29 is 4.79 Å². The summed E-state index contributed by atoms with van der Waals surface area (Å²) in [6, 6.07) is 5.87. The number of hydrogen-bond acceptors (Lipinski definition) is 3. The van der Waals surface area contributed by atoms with E-state index in [9.17, 15) is 9.59 Å². The number of aromatic nitrogens is 2. The van der Waals surface area contributed by atoms with E-state index in [-0.39, 0.29) is 17.6 Å². The van der Waals surface area contributed by atoms with Gasteiger partial charge in [0.2, 0.25) is 5.91 Å². The van der Waals surface area contributed by atoms with E-state index in [4.69, 9.17) is 0 Å². The molecule has 1 aliphatic heterocycles. The first kappa shape index (κ1) is 17.6. The first-order valence-corrected chi connectivity index (χ1v) is 9.16. The number of aryl methyl sites for hydroxylation is 2. The van der Waals surface area contributed by atoms with Gasteiger partial charge in [0.15, 0.2) is 0 Å². The van der Waals surface area contributed by atoms with E-state index in [0.717, 1.165) is 42.5 Å². The second kappa shape index (κ2) is 6.94. The normalized spacial score (nSPS) is 19.2. The van der Waals surface area contributed by atoms with Crippen molar-refractivity contribution in [2.45, 2.75) is 51.6 Å². The molecule has 0 aliphatic carbocycles. The zero-order valence-electron chi connectivity index (χ0n) is 15.6. The summed E-state index contributed by atoms with van der Waals surface area (Å²) in [5.41, 5.74) is 2.57. The highest BCUT2D eigenvalue weighted by Gasteiger charge is 2.28. The number of likely N-dealkylation sites (tertiary alicyclic amines) is 1. The predicted molar refractivity (Wildman–Crippen MR) is 101 cm³/mol. The molecule has 1 aromatic carbocycles. The quantitative estimate of drug-likeness (QED) is 0.927. The molecule has 1 aliphatic rings. The predicted octanol–water partition coefficient (Wildman–Crippen LogP) is 2.47. The van der Waals surface area contributed by atoms with Crippen LogP contribution in [0.25, 0.3) is 11.0 Å². The minimum atomic E-state index is -0.287. The van der Waals surface area contributed by atoms with Crippen LogP contribution < -0.4 is 11.0 Å². The SMILES string of the molecule is CC[C@@H]1CCCCN1C(=O)[C@@H](C)Nc1ccc2c(c1)n(C)c(=O)n2C. The summed E-state index contributed by atoms with van der Waals surface area (Å²) in [7, 11) is 3.54. The number of carbonyl (C=O) groups is 1. The second-order valence-corrected chi connectivity index (χ2v) is 7.06. The molecule has 6 nitrogen and oxygen atoms in total. The summed E-state index contributed by atoms with van der Waals surface area (Å²) in [6.45, 7) is 4.92. The van der Waals surface area contributed by atoms with E-state index in [1.165, 1.54) is 6.42 Å². The molecule has 1 amide bonds. The van der Waals surface area contributed by atoms with Gasteiger partial charge in [0.25, 0.3) is 0 Å². The van der Waals surface area contributed by atoms with Crippen molar-refractivity contribution in [3.63, 3.8) is 0 Å². The molecule has 25 heavy (non-hydrogen) atoms. The van der Waals surface area contributed by atoms with Gasteiger partial charge in [-0.05, 0) is 50.8 Å². The highest BCUT2D eigenvalue weighted by molar-refractivity contribution is 5.86. The molecule has 0 saturated carbocycles. The van der Waals surface area contributed by atoms with Crippen LogP contribution in [0, 0.1) is 0 Å². The zero-order valence-corrected chi connectivity index (χ0v) is 15.6. The first-order valence-electron chi connectivity index (χ1n) is 9.16. The van der Waals surface area contributed by atoms with Crippen molar-refractivity contribution in [3.05, 3.63) is 28.7 Å². The number of imidazole rings is 1. The smallest absolute Gasteiger partial charge is 0.328 e. The Morgan fingerprint density at radius 3 is 2.68 bits per heavy atom. The van der Waals surface area contributed by atoms with Gasteiger partial charge >= 0.3 is 5.69 Å². The Labute approximate surface area is 148 Å². The van der Waals surface area contributed by atoms with Crippen LogP contribution >= 0.6 is 0 Å². The highest BCUT2D eigenvalue weighted by atomic mass is 16.2. The Balaban J connectivity index is 1.79. The van der Waals surface area contributed by atoms with E-state index in [0.29, 0.717) is 6.04 Å². The van der Waals surface area contributed by atoms with E-state index in [2.05, 4.69) is 12.2 Å². The lowest BCUT2D eigenvalue weighted by Crippen LogP contribution is -2.49. The molecule has 1 aromatic heterocycles. The average molecular weight is 344 g/mol. The number of benzene rings is 1. The molecule has 6 heteroatoms. The number of fused-ring (bicyclic) bond motifs is 1. The molecule has 2 atom stereocenters. The molecular formula is C19H28N4O2. The Hall–Kier alpha value is -2.24. The van der Waals surface area contributed by atoms with E-state index in [1.807, 2.05) is 30.0 Å². The van der Waals surface area contributed by atoms with Crippen LogP contribution in [0.2, 0.25) is 0 Å². The molecule has 136 valence electrons. The largest absolute Gasteiger partial charge is 0.374 e. The lowest BCUT2D eigenvalue weighted by Gasteiger charge is -2.37. The molecule has 2 aromatic rings. The molecule has 2 heterocycles. The molecule has 1 N–H and O–H groups in total. The Kier molecular flexibility index (Phi) is 4.88. The minimum absolute atomic E-state index is 0.0459. The average Bonchev–Trinajstić information content (AvgIpc) is 2.85. The van der Waals surface area contributed by atoms with Gasteiger partial charge < -0.3 is 10.2 Å². The standard InChI is InChI=1S/C19H28N4O2/c1-5-15-8-6-7-11-23(15)18(24)13(2)20-14-9-10-16-17(12-14)22(4)19(25)21(16)3/h9-10,12-13,15,20H,5-8,11H2,1-4H3/t13-,15-/m1/s1. The maximum Gasteiger partial charge on any atom is 0.328 e.